The highest BCUT2D eigenvalue weighted by Gasteiger charge is 2.34. The summed E-state index contributed by atoms with van der Waals surface area (Å²) in [7, 11) is -3.59. The smallest absolute Gasteiger partial charge is 0.243 e. The SMILES string of the molecule is CC[C@H](NC(=O)[C@@H]1CCCN(S(=O)(=O)c2ccc(C)cc2)C1)c1ccc(C)cc1C. The van der Waals surface area contributed by atoms with Gasteiger partial charge in [0.05, 0.1) is 16.9 Å². The van der Waals surface area contributed by atoms with Crippen molar-refractivity contribution in [3.63, 3.8) is 0 Å². The van der Waals surface area contributed by atoms with E-state index in [9.17, 15) is 13.2 Å². The zero-order chi connectivity index (χ0) is 21.9. The van der Waals surface area contributed by atoms with Crippen LogP contribution in [-0.2, 0) is 14.8 Å². The first kappa shape index (κ1) is 22.5. The molecule has 0 aliphatic carbocycles. The number of hydrogen-bond donors (Lipinski definition) is 1. The fraction of sp³-hybridized carbons (Fsp3) is 0.458. The molecule has 1 aliphatic heterocycles. The van der Waals surface area contributed by atoms with Crippen LogP contribution < -0.4 is 5.32 Å². The quantitative estimate of drug-likeness (QED) is 0.747. The van der Waals surface area contributed by atoms with Crippen LogP contribution in [0.4, 0.5) is 0 Å². The highest BCUT2D eigenvalue weighted by atomic mass is 32.2. The van der Waals surface area contributed by atoms with Gasteiger partial charge in [0.25, 0.3) is 0 Å². The Morgan fingerprint density at radius 2 is 1.77 bits per heavy atom. The van der Waals surface area contributed by atoms with Gasteiger partial charge in [0.15, 0.2) is 0 Å². The third-order valence-electron chi connectivity index (χ3n) is 5.94. The normalized spacial score (nSPS) is 18.7. The Balaban J connectivity index is 1.72. The van der Waals surface area contributed by atoms with Crippen molar-refractivity contribution in [1.82, 2.24) is 9.62 Å². The van der Waals surface area contributed by atoms with Crippen molar-refractivity contribution in [2.24, 2.45) is 5.92 Å². The van der Waals surface area contributed by atoms with Crippen molar-refractivity contribution < 1.29 is 13.2 Å². The van der Waals surface area contributed by atoms with Crippen LogP contribution in [0.25, 0.3) is 0 Å². The van der Waals surface area contributed by atoms with Crippen molar-refractivity contribution in [1.29, 1.82) is 0 Å². The summed E-state index contributed by atoms with van der Waals surface area (Å²) in [4.78, 5) is 13.3. The predicted octanol–water partition coefficient (Wildman–Crippen LogP) is 4.28. The molecule has 0 spiro atoms. The standard InChI is InChI=1S/C24H32N2O3S/c1-5-23(22-13-10-18(3)15-19(22)4)25-24(27)20-7-6-14-26(16-20)30(28,29)21-11-8-17(2)9-12-21/h8-13,15,20,23H,5-7,14,16H2,1-4H3,(H,25,27)/t20-,23+/m1/s1. The van der Waals surface area contributed by atoms with Crippen LogP contribution in [0.5, 0.6) is 0 Å². The molecule has 1 saturated heterocycles. The molecule has 30 heavy (non-hydrogen) atoms. The number of aryl methyl sites for hydroxylation is 3. The molecule has 0 aromatic heterocycles. The van der Waals surface area contributed by atoms with E-state index in [0.29, 0.717) is 19.4 Å². The Morgan fingerprint density at radius 1 is 1.10 bits per heavy atom. The molecule has 2 aromatic carbocycles. The highest BCUT2D eigenvalue weighted by Crippen LogP contribution is 2.26. The summed E-state index contributed by atoms with van der Waals surface area (Å²) < 4.78 is 27.5. The molecule has 0 radical (unpaired) electrons. The zero-order valence-corrected chi connectivity index (χ0v) is 19.1. The number of sulfonamides is 1. The van der Waals surface area contributed by atoms with E-state index in [1.165, 1.54) is 9.87 Å². The van der Waals surface area contributed by atoms with Crippen LogP contribution in [0.1, 0.15) is 54.5 Å². The summed E-state index contributed by atoms with van der Waals surface area (Å²) in [6, 6.07) is 13.1. The van der Waals surface area contributed by atoms with Gasteiger partial charge in [0.2, 0.25) is 15.9 Å². The van der Waals surface area contributed by atoms with Crippen molar-refractivity contribution in [2.75, 3.05) is 13.1 Å². The van der Waals surface area contributed by atoms with Gasteiger partial charge in [-0.05, 0) is 63.3 Å². The zero-order valence-electron chi connectivity index (χ0n) is 18.3. The van der Waals surface area contributed by atoms with Crippen molar-refractivity contribution >= 4 is 15.9 Å². The largest absolute Gasteiger partial charge is 0.349 e. The second-order valence-corrected chi connectivity index (χ2v) is 10.3. The molecule has 1 N–H and O–H groups in total. The van der Waals surface area contributed by atoms with E-state index in [1.807, 2.05) is 6.92 Å². The Morgan fingerprint density at radius 3 is 2.40 bits per heavy atom. The monoisotopic (exact) mass is 428 g/mol. The van der Waals surface area contributed by atoms with Gasteiger partial charge in [0, 0.05) is 13.1 Å². The fourth-order valence-electron chi connectivity index (χ4n) is 4.14. The number of amides is 1. The summed E-state index contributed by atoms with van der Waals surface area (Å²) in [5.41, 5.74) is 4.49. The van der Waals surface area contributed by atoms with Gasteiger partial charge in [0.1, 0.15) is 0 Å². The molecule has 1 aliphatic rings. The van der Waals surface area contributed by atoms with Crippen LogP contribution in [-0.4, -0.2) is 31.7 Å². The third kappa shape index (κ3) is 4.93. The van der Waals surface area contributed by atoms with Gasteiger partial charge in [-0.25, -0.2) is 8.42 Å². The Bertz CT molecular complexity index is 1000. The molecule has 162 valence electrons. The number of hydrogen-bond acceptors (Lipinski definition) is 3. The maximum absolute atomic E-state index is 13.0. The lowest BCUT2D eigenvalue weighted by Crippen LogP contribution is -2.46. The highest BCUT2D eigenvalue weighted by molar-refractivity contribution is 7.89. The number of benzene rings is 2. The van der Waals surface area contributed by atoms with Crippen LogP contribution in [0.15, 0.2) is 47.4 Å². The maximum atomic E-state index is 13.0. The minimum Gasteiger partial charge on any atom is -0.349 e. The lowest BCUT2D eigenvalue weighted by atomic mass is 9.95. The topological polar surface area (TPSA) is 66.5 Å². The van der Waals surface area contributed by atoms with Gasteiger partial charge in [-0.15, -0.1) is 0 Å². The number of nitrogens with one attached hydrogen (secondary N) is 1. The third-order valence-corrected chi connectivity index (χ3v) is 7.82. The first-order valence-corrected chi connectivity index (χ1v) is 12.1. The van der Waals surface area contributed by atoms with Crippen LogP contribution in [0, 0.1) is 26.7 Å². The number of carbonyl (C=O) groups excluding carboxylic acids is 1. The van der Waals surface area contributed by atoms with Gasteiger partial charge >= 0.3 is 0 Å². The molecule has 3 rings (SSSR count). The summed E-state index contributed by atoms with van der Waals surface area (Å²) >= 11 is 0. The summed E-state index contributed by atoms with van der Waals surface area (Å²) in [6.07, 6.45) is 2.17. The van der Waals surface area contributed by atoms with E-state index in [0.717, 1.165) is 23.1 Å². The second-order valence-electron chi connectivity index (χ2n) is 8.34. The molecular weight excluding hydrogens is 396 g/mol. The van der Waals surface area contributed by atoms with E-state index in [1.54, 1.807) is 24.3 Å². The van der Waals surface area contributed by atoms with Gasteiger partial charge in [-0.1, -0.05) is 48.4 Å². The number of nitrogens with zero attached hydrogens (tertiary/aromatic N) is 1. The van der Waals surface area contributed by atoms with Crippen LogP contribution in [0.2, 0.25) is 0 Å². The first-order chi connectivity index (χ1) is 14.2. The van der Waals surface area contributed by atoms with Crippen molar-refractivity contribution in [3.8, 4) is 0 Å². The van der Waals surface area contributed by atoms with E-state index >= 15 is 0 Å². The van der Waals surface area contributed by atoms with Gasteiger partial charge in [-0.2, -0.15) is 4.31 Å². The summed E-state index contributed by atoms with van der Waals surface area (Å²) in [5, 5.41) is 3.17. The number of carbonyl (C=O) groups is 1. The van der Waals surface area contributed by atoms with E-state index in [2.05, 4.69) is 44.3 Å². The van der Waals surface area contributed by atoms with E-state index in [4.69, 9.17) is 0 Å². The molecule has 1 fully saturated rings. The number of piperidine rings is 1. The minimum atomic E-state index is -3.59. The Hall–Kier alpha value is -2.18. The maximum Gasteiger partial charge on any atom is 0.243 e. The molecule has 0 bridgehead atoms. The van der Waals surface area contributed by atoms with Crippen LogP contribution in [0.3, 0.4) is 0 Å². The fourth-order valence-corrected chi connectivity index (χ4v) is 5.66. The average molecular weight is 429 g/mol. The van der Waals surface area contributed by atoms with E-state index in [-0.39, 0.29) is 29.3 Å². The molecule has 5 nitrogen and oxygen atoms in total. The summed E-state index contributed by atoms with van der Waals surface area (Å²) in [5.74, 6) is -0.399. The van der Waals surface area contributed by atoms with Crippen molar-refractivity contribution in [3.05, 3.63) is 64.7 Å². The van der Waals surface area contributed by atoms with Gasteiger partial charge < -0.3 is 5.32 Å². The molecule has 0 unspecified atom stereocenters. The van der Waals surface area contributed by atoms with Crippen LogP contribution >= 0.6 is 0 Å². The molecule has 0 saturated carbocycles. The molecule has 2 atom stereocenters. The lowest BCUT2D eigenvalue weighted by Gasteiger charge is -2.32. The molecule has 6 heteroatoms. The molecule has 2 aromatic rings. The minimum absolute atomic E-state index is 0.0642. The second kappa shape index (κ2) is 9.31. The Kier molecular flexibility index (Phi) is 6.98. The molecule has 1 heterocycles. The Labute approximate surface area is 180 Å². The van der Waals surface area contributed by atoms with E-state index < -0.39 is 10.0 Å². The average Bonchev–Trinajstić information content (AvgIpc) is 2.72. The molecular formula is C24H32N2O3S. The number of rotatable bonds is 6. The predicted molar refractivity (Wildman–Crippen MR) is 120 cm³/mol. The lowest BCUT2D eigenvalue weighted by molar-refractivity contribution is -0.126. The van der Waals surface area contributed by atoms with Crippen molar-refractivity contribution in [2.45, 2.75) is 57.9 Å². The van der Waals surface area contributed by atoms with Gasteiger partial charge in [-0.3, -0.25) is 4.79 Å². The molecule has 1 amide bonds. The summed E-state index contributed by atoms with van der Waals surface area (Å²) in [6.45, 7) is 8.78. The first-order valence-electron chi connectivity index (χ1n) is 10.7.